The molecule has 0 saturated carbocycles. The summed E-state index contributed by atoms with van der Waals surface area (Å²) in [6, 6.07) is 22.7. The number of halogens is 2. The van der Waals surface area contributed by atoms with Crippen LogP contribution >= 0.6 is 31.9 Å². The molecular formula is C21H15Br2N3O2. The first-order chi connectivity index (χ1) is 13.6. The summed E-state index contributed by atoms with van der Waals surface area (Å²) in [4.78, 5) is 23.6. The average Bonchev–Trinajstić information content (AvgIpc) is 2.71. The van der Waals surface area contributed by atoms with Crippen molar-refractivity contribution in [2.24, 2.45) is 0 Å². The molecule has 0 bridgehead atoms. The molecule has 4 aromatic rings. The summed E-state index contributed by atoms with van der Waals surface area (Å²) in [7, 11) is 0. The molecule has 140 valence electrons. The molecule has 0 aliphatic carbocycles. The average molecular weight is 501 g/mol. The van der Waals surface area contributed by atoms with E-state index in [4.69, 9.17) is 4.84 Å². The van der Waals surface area contributed by atoms with Gasteiger partial charge in [-0.1, -0.05) is 62.2 Å². The number of benzene rings is 3. The van der Waals surface area contributed by atoms with Gasteiger partial charge >= 0.3 is 0 Å². The Hall–Kier alpha value is -2.64. The lowest BCUT2D eigenvalue weighted by molar-refractivity contribution is 0.0931. The van der Waals surface area contributed by atoms with E-state index in [0.29, 0.717) is 16.9 Å². The van der Waals surface area contributed by atoms with E-state index in [1.807, 2.05) is 60.7 Å². The topological polar surface area (TPSA) is 56.2 Å². The molecule has 3 aromatic carbocycles. The summed E-state index contributed by atoms with van der Waals surface area (Å²) in [5.41, 5.74) is 2.07. The van der Waals surface area contributed by atoms with Crippen LogP contribution in [0.2, 0.25) is 0 Å². The van der Waals surface area contributed by atoms with Crippen molar-refractivity contribution < 1.29 is 4.84 Å². The van der Waals surface area contributed by atoms with E-state index >= 15 is 0 Å². The van der Waals surface area contributed by atoms with Crippen molar-refractivity contribution in [1.82, 2.24) is 9.71 Å². The van der Waals surface area contributed by atoms with Gasteiger partial charge in [0.2, 0.25) is 5.95 Å². The fourth-order valence-corrected chi connectivity index (χ4v) is 3.34. The molecule has 1 N–H and O–H groups in total. The highest BCUT2D eigenvalue weighted by atomic mass is 79.9. The molecule has 1 heterocycles. The zero-order valence-electron chi connectivity index (χ0n) is 14.6. The largest absolute Gasteiger partial charge is 0.402 e. The van der Waals surface area contributed by atoms with Gasteiger partial charge in [0.25, 0.3) is 5.56 Å². The van der Waals surface area contributed by atoms with Crippen molar-refractivity contribution in [1.29, 1.82) is 0 Å². The van der Waals surface area contributed by atoms with Gasteiger partial charge in [-0.05, 0) is 48.0 Å². The number of nitrogens with zero attached hydrogens (tertiary/aromatic N) is 2. The van der Waals surface area contributed by atoms with Crippen LogP contribution in [0.4, 0.5) is 11.6 Å². The van der Waals surface area contributed by atoms with Crippen molar-refractivity contribution in [2.45, 2.75) is 6.61 Å². The lowest BCUT2D eigenvalue weighted by Crippen LogP contribution is -2.30. The molecule has 0 atom stereocenters. The number of fused-ring (bicyclic) bond motifs is 1. The Kier molecular flexibility index (Phi) is 5.45. The van der Waals surface area contributed by atoms with E-state index in [0.717, 1.165) is 20.2 Å². The van der Waals surface area contributed by atoms with E-state index in [1.165, 1.54) is 4.73 Å². The minimum atomic E-state index is -0.276. The summed E-state index contributed by atoms with van der Waals surface area (Å²) in [5.74, 6) is 0.318. The lowest BCUT2D eigenvalue weighted by Gasteiger charge is -2.15. The number of anilines is 2. The van der Waals surface area contributed by atoms with Crippen molar-refractivity contribution in [3.63, 3.8) is 0 Å². The van der Waals surface area contributed by atoms with E-state index < -0.39 is 0 Å². The standard InChI is InChI=1S/C21H15Br2N3O2/c22-15-6-9-17(10-7-15)24-21-25-19-11-8-16(23)12-18(19)20(27)26(21)28-13-14-4-2-1-3-5-14/h1-12H,13H2,(H,24,25). The molecule has 0 radical (unpaired) electrons. The molecule has 0 amide bonds. The monoisotopic (exact) mass is 499 g/mol. The molecule has 5 nitrogen and oxygen atoms in total. The molecule has 0 fully saturated rings. The number of hydrogen-bond donors (Lipinski definition) is 1. The molecule has 0 spiro atoms. The summed E-state index contributed by atoms with van der Waals surface area (Å²) < 4.78 is 2.98. The number of nitrogens with one attached hydrogen (secondary N) is 1. The third kappa shape index (κ3) is 4.10. The zero-order chi connectivity index (χ0) is 19.5. The quantitative estimate of drug-likeness (QED) is 0.404. The van der Waals surface area contributed by atoms with E-state index in [2.05, 4.69) is 42.2 Å². The van der Waals surface area contributed by atoms with Crippen molar-refractivity contribution in [3.8, 4) is 0 Å². The van der Waals surface area contributed by atoms with Crippen LogP contribution in [0.5, 0.6) is 0 Å². The van der Waals surface area contributed by atoms with Gasteiger partial charge in [-0.15, -0.1) is 4.73 Å². The Labute approximate surface area is 178 Å². The van der Waals surface area contributed by atoms with Gasteiger partial charge in [-0.2, -0.15) is 0 Å². The first-order valence-corrected chi connectivity index (χ1v) is 10.1. The Balaban J connectivity index is 1.77. The fraction of sp³-hybridized carbons (Fsp3) is 0.0476. The molecule has 1 aromatic heterocycles. The van der Waals surface area contributed by atoms with Crippen molar-refractivity contribution >= 4 is 54.4 Å². The number of rotatable bonds is 5. The van der Waals surface area contributed by atoms with Gasteiger partial charge < -0.3 is 10.2 Å². The van der Waals surface area contributed by atoms with Crippen LogP contribution in [0.3, 0.4) is 0 Å². The molecule has 4 rings (SSSR count). The van der Waals surface area contributed by atoms with E-state index in [1.54, 1.807) is 12.1 Å². The Morgan fingerprint density at radius 3 is 2.39 bits per heavy atom. The highest BCUT2D eigenvalue weighted by Gasteiger charge is 2.13. The Bertz CT molecular complexity index is 1180. The highest BCUT2D eigenvalue weighted by molar-refractivity contribution is 9.10. The van der Waals surface area contributed by atoms with E-state index in [-0.39, 0.29) is 12.2 Å². The maximum absolute atomic E-state index is 13.1. The van der Waals surface area contributed by atoms with Crippen LogP contribution in [-0.2, 0) is 6.61 Å². The molecular weight excluding hydrogens is 486 g/mol. The van der Waals surface area contributed by atoms with Gasteiger partial charge in [0.15, 0.2) is 0 Å². The molecule has 0 aliphatic rings. The van der Waals surface area contributed by atoms with Crippen molar-refractivity contribution in [3.05, 3.63) is 97.7 Å². The van der Waals surface area contributed by atoms with Gasteiger partial charge in [0.1, 0.15) is 6.61 Å². The maximum Gasteiger partial charge on any atom is 0.295 e. The molecule has 28 heavy (non-hydrogen) atoms. The first kappa shape index (κ1) is 18.7. The third-order valence-electron chi connectivity index (χ3n) is 4.10. The summed E-state index contributed by atoms with van der Waals surface area (Å²) in [6.07, 6.45) is 0. The van der Waals surface area contributed by atoms with Crippen LogP contribution in [0, 0.1) is 0 Å². The highest BCUT2D eigenvalue weighted by Crippen LogP contribution is 2.21. The fourth-order valence-electron chi connectivity index (χ4n) is 2.72. The maximum atomic E-state index is 13.1. The number of aromatic nitrogens is 2. The van der Waals surface area contributed by atoms with Gasteiger partial charge in [-0.25, -0.2) is 4.98 Å². The summed E-state index contributed by atoms with van der Waals surface area (Å²) in [5, 5.41) is 3.65. The van der Waals surface area contributed by atoms with Crippen LogP contribution in [0.15, 0.2) is 86.5 Å². The number of hydrogen-bond acceptors (Lipinski definition) is 4. The Morgan fingerprint density at radius 1 is 0.929 bits per heavy atom. The predicted molar refractivity (Wildman–Crippen MR) is 118 cm³/mol. The second-order valence-electron chi connectivity index (χ2n) is 6.09. The molecule has 7 heteroatoms. The van der Waals surface area contributed by atoms with E-state index in [9.17, 15) is 4.79 Å². The second kappa shape index (κ2) is 8.16. The van der Waals surface area contributed by atoms with Crippen LogP contribution in [0.1, 0.15) is 5.56 Å². The van der Waals surface area contributed by atoms with Gasteiger partial charge in [-0.3, -0.25) is 4.79 Å². The zero-order valence-corrected chi connectivity index (χ0v) is 17.8. The minimum Gasteiger partial charge on any atom is -0.402 e. The van der Waals surface area contributed by atoms with Gasteiger partial charge in [0.05, 0.1) is 10.9 Å². The SMILES string of the molecule is O=c1c2cc(Br)ccc2nc(Nc2ccc(Br)cc2)n1OCc1ccccc1. The first-order valence-electron chi connectivity index (χ1n) is 8.52. The van der Waals surface area contributed by atoms with Crippen LogP contribution < -0.4 is 15.7 Å². The smallest absolute Gasteiger partial charge is 0.295 e. The van der Waals surface area contributed by atoms with Gasteiger partial charge in [0, 0.05) is 14.6 Å². The second-order valence-corrected chi connectivity index (χ2v) is 7.92. The minimum absolute atomic E-state index is 0.247. The normalized spacial score (nSPS) is 10.8. The van der Waals surface area contributed by atoms with Crippen LogP contribution in [0.25, 0.3) is 10.9 Å². The lowest BCUT2D eigenvalue weighted by atomic mass is 10.2. The summed E-state index contributed by atoms with van der Waals surface area (Å²) in [6.45, 7) is 0.247. The molecule has 0 saturated heterocycles. The predicted octanol–water partition coefficient (Wildman–Crippen LogP) is 5.29. The summed E-state index contributed by atoms with van der Waals surface area (Å²) >= 11 is 6.83. The molecule has 0 unspecified atom stereocenters. The Morgan fingerprint density at radius 2 is 1.64 bits per heavy atom. The van der Waals surface area contributed by atoms with Crippen molar-refractivity contribution in [2.75, 3.05) is 5.32 Å². The third-order valence-corrected chi connectivity index (χ3v) is 5.12. The van der Waals surface area contributed by atoms with Crippen LogP contribution in [-0.4, -0.2) is 9.71 Å². The molecule has 0 aliphatic heterocycles.